The van der Waals surface area contributed by atoms with Crippen LogP contribution in [0.25, 0.3) is 0 Å². The highest BCUT2D eigenvalue weighted by Gasteiger charge is 2.37. The number of hydrogen-bond acceptors (Lipinski definition) is 9. The summed E-state index contributed by atoms with van der Waals surface area (Å²) < 4.78 is 37.4. The number of oxime groups is 1. The molecule has 0 spiro atoms. The normalized spacial score (nSPS) is 17.1. The van der Waals surface area contributed by atoms with E-state index < -0.39 is 15.4 Å². The molecule has 1 saturated heterocycles. The van der Waals surface area contributed by atoms with Gasteiger partial charge in [0.1, 0.15) is 5.60 Å². The second-order valence-electron chi connectivity index (χ2n) is 6.64. The van der Waals surface area contributed by atoms with Crippen molar-refractivity contribution in [1.82, 2.24) is 4.98 Å². The van der Waals surface area contributed by atoms with Gasteiger partial charge in [0.2, 0.25) is 14.2 Å². The second-order valence-corrected chi connectivity index (χ2v) is 9.80. The number of nitriles is 1. The number of methoxy groups -OCH3 is 1. The first-order valence-corrected chi connectivity index (χ1v) is 11.2. The number of thiazole rings is 1. The number of ether oxygens (including phenoxy) is 2. The molecule has 8 nitrogen and oxygen atoms in total. The molecule has 0 saturated carbocycles. The van der Waals surface area contributed by atoms with E-state index in [2.05, 4.69) is 10.1 Å². The molecule has 2 aromatic rings. The van der Waals surface area contributed by atoms with Crippen molar-refractivity contribution in [3.8, 4) is 6.07 Å². The summed E-state index contributed by atoms with van der Waals surface area (Å²) in [4.78, 5) is 4.95. The van der Waals surface area contributed by atoms with Crippen LogP contribution in [-0.4, -0.2) is 44.6 Å². The van der Waals surface area contributed by atoms with Crippen molar-refractivity contribution in [1.29, 1.82) is 5.26 Å². The maximum absolute atomic E-state index is 13.1. The van der Waals surface area contributed by atoms with Crippen molar-refractivity contribution in [2.24, 2.45) is 5.16 Å². The van der Waals surface area contributed by atoms with Crippen molar-refractivity contribution in [3.63, 3.8) is 0 Å². The predicted molar refractivity (Wildman–Crippen MR) is 106 cm³/mol. The molecule has 0 radical (unpaired) electrons. The van der Waals surface area contributed by atoms with Gasteiger partial charge in [-0.05, 0) is 24.6 Å². The van der Waals surface area contributed by atoms with Crippen molar-refractivity contribution in [2.75, 3.05) is 20.3 Å². The van der Waals surface area contributed by atoms with E-state index in [9.17, 15) is 8.42 Å². The van der Waals surface area contributed by atoms with Crippen molar-refractivity contribution in [3.05, 3.63) is 40.4 Å². The molecule has 0 bridgehead atoms. The average molecular weight is 436 g/mol. The summed E-state index contributed by atoms with van der Waals surface area (Å²) in [7, 11) is -2.26. The van der Waals surface area contributed by atoms with E-state index in [1.807, 2.05) is 6.07 Å². The predicted octanol–water partition coefficient (Wildman–Crippen LogP) is 2.89. The molecule has 1 aliphatic heterocycles. The third-order valence-corrected chi connectivity index (χ3v) is 8.38. The second kappa shape index (κ2) is 8.59. The zero-order chi connectivity index (χ0) is 21.1. The Balaban J connectivity index is 2.01. The van der Waals surface area contributed by atoms with Crippen LogP contribution in [0.5, 0.6) is 0 Å². The lowest BCUT2D eigenvalue weighted by molar-refractivity contribution is -0.0926. The number of aromatic nitrogens is 1. The number of nitrogens with zero attached hydrogens (tertiary/aromatic N) is 3. The molecule has 1 aliphatic rings. The SMILES string of the molecule is COC1(c2cnc(S(=O)(=O)c3ccc(/C(C)=N/O)c(CC#N)c3)s2)CCOCC1. The van der Waals surface area contributed by atoms with Gasteiger partial charge in [-0.1, -0.05) is 11.2 Å². The molecule has 2 heterocycles. The molecule has 0 unspecified atom stereocenters. The fourth-order valence-corrected chi connectivity index (χ4v) is 6.13. The van der Waals surface area contributed by atoms with Crippen molar-refractivity contribution < 1.29 is 23.1 Å². The average Bonchev–Trinajstić information content (AvgIpc) is 3.26. The Labute approximate surface area is 173 Å². The van der Waals surface area contributed by atoms with Crippen LogP contribution in [0.1, 0.15) is 35.8 Å². The summed E-state index contributed by atoms with van der Waals surface area (Å²) in [5.74, 6) is 0. The molecule has 1 fully saturated rings. The van der Waals surface area contributed by atoms with Gasteiger partial charge in [0.15, 0.2) is 0 Å². The van der Waals surface area contributed by atoms with E-state index in [1.165, 1.54) is 18.2 Å². The van der Waals surface area contributed by atoms with E-state index in [4.69, 9.17) is 19.9 Å². The smallest absolute Gasteiger partial charge is 0.233 e. The van der Waals surface area contributed by atoms with Crippen LogP contribution in [0, 0.1) is 11.3 Å². The molecular weight excluding hydrogens is 414 g/mol. The van der Waals surface area contributed by atoms with Gasteiger partial charge in [0, 0.05) is 44.9 Å². The van der Waals surface area contributed by atoms with Gasteiger partial charge >= 0.3 is 0 Å². The molecule has 10 heteroatoms. The number of hydrogen-bond donors (Lipinski definition) is 1. The highest BCUT2D eigenvalue weighted by molar-refractivity contribution is 7.93. The first-order chi connectivity index (χ1) is 13.9. The van der Waals surface area contributed by atoms with Crippen LogP contribution < -0.4 is 0 Å². The third kappa shape index (κ3) is 4.04. The number of sulfone groups is 1. The van der Waals surface area contributed by atoms with Crippen LogP contribution in [0.2, 0.25) is 0 Å². The summed E-state index contributed by atoms with van der Waals surface area (Å²) in [6, 6.07) is 6.42. The van der Waals surface area contributed by atoms with Crippen molar-refractivity contribution >= 4 is 26.9 Å². The molecule has 1 aromatic carbocycles. The maximum atomic E-state index is 13.1. The quantitative estimate of drug-likeness (QED) is 0.420. The lowest BCUT2D eigenvalue weighted by Crippen LogP contribution is -2.34. The topological polar surface area (TPSA) is 122 Å². The summed E-state index contributed by atoms with van der Waals surface area (Å²) in [6.45, 7) is 2.66. The molecule has 0 aliphatic carbocycles. The molecule has 3 rings (SSSR count). The van der Waals surface area contributed by atoms with Gasteiger partial charge in [-0.25, -0.2) is 13.4 Å². The highest BCUT2D eigenvalue weighted by Crippen LogP contribution is 2.40. The summed E-state index contributed by atoms with van der Waals surface area (Å²) in [5.41, 5.74) is 0.706. The zero-order valence-corrected chi connectivity index (χ0v) is 17.7. The largest absolute Gasteiger partial charge is 0.411 e. The van der Waals surface area contributed by atoms with Crippen LogP contribution in [0.3, 0.4) is 0 Å². The van der Waals surface area contributed by atoms with E-state index in [0.717, 1.165) is 16.2 Å². The van der Waals surface area contributed by atoms with E-state index in [1.54, 1.807) is 20.2 Å². The van der Waals surface area contributed by atoms with Gasteiger partial charge in [0.25, 0.3) is 0 Å². The standard InChI is InChI=1S/C19H21N3O5S2/c1-13(22-23)16-4-3-15(11-14(16)5-8-20)29(24,25)18-21-12-17(28-18)19(26-2)6-9-27-10-7-19/h3-4,11-12,23H,5-7,9-10H2,1-2H3/b22-13+. The van der Waals surface area contributed by atoms with Crippen LogP contribution in [0.4, 0.5) is 0 Å². The minimum atomic E-state index is -3.87. The van der Waals surface area contributed by atoms with E-state index in [-0.39, 0.29) is 15.7 Å². The van der Waals surface area contributed by atoms with Crippen LogP contribution in [-0.2, 0) is 31.3 Å². The minimum Gasteiger partial charge on any atom is -0.411 e. The minimum absolute atomic E-state index is 0.0124. The molecule has 1 aromatic heterocycles. The Bertz CT molecular complexity index is 1060. The third-order valence-electron chi connectivity index (χ3n) is 5.05. The highest BCUT2D eigenvalue weighted by atomic mass is 32.2. The van der Waals surface area contributed by atoms with Gasteiger partial charge < -0.3 is 14.7 Å². The van der Waals surface area contributed by atoms with Crippen LogP contribution >= 0.6 is 11.3 Å². The maximum Gasteiger partial charge on any atom is 0.233 e. The molecule has 29 heavy (non-hydrogen) atoms. The van der Waals surface area contributed by atoms with E-state index in [0.29, 0.717) is 42.9 Å². The van der Waals surface area contributed by atoms with Crippen molar-refractivity contribution in [2.45, 2.75) is 41.0 Å². The Kier molecular flexibility index (Phi) is 6.33. The molecular formula is C19H21N3O5S2. The summed E-state index contributed by atoms with van der Waals surface area (Å²) in [5, 5.41) is 21.2. The monoisotopic (exact) mass is 435 g/mol. The zero-order valence-electron chi connectivity index (χ0n) is 16.1. The Hall–Kier alpha value is -2.32. The molecule has 0 amide bonds. The Morgan fingerprint density at radius 2 is 2.17 bits per heavy atom. The molecule has 154 valence electrons. The molecule has 0 atom stereocenters. The molecule has 1 N–H and O–H groups in total. The lowest BCUT2D eigenvalue weighted by Gasteiger charge is -2.34. The Morgan fingerprint density at radius 1 is 1.45 bits per heavy atom. The number of rotatable bonds is 6. The fourth-order valence-electron chi connectivity index (χ4n) is 3.32. The summed E-state index contributed by atoms with van der Waals surface area (Å²) >= 11 is 1.09. The fraction of sp³-hybridized carbons (Fsp3) is 0.421. The van der Waals surface area contributed by atoms with E-state index >= 15 is 0 Å². The van der Waals surface area contributed by atoms with Gasteiger partial charge in [0.05, 0.1) is 28.0 Å². The first-order valence-electron chi connectivity index (χ1n) is 8.91. The first kappa shape index (κ1) is 21.4. The van der Waals surface area contributed by atoms with Gasteiger partial charge in [-0.2, -0.15) is 5.26 Å². The summed E-state index contributed by atoms with van der Waals surface area (Å²) in [6.07, 6.45) is 2.80. The Morgan fingerprint density at radius 3 is 2.79 bits per heavy atom. The number of benzene rings is 1. The van der Waals surface area contributed by atoms with Gasteiger partial charge in [-0.15, -0.1) is 11.3 Å². The van der Waals surface area contributed by atoms with Gasteiger partial charge in [-0.3, -0.25) is 0 Å². The lowest BCUT2D eigenvalue weighted by atomic mass is 9.93. The van der Waals surface area contributed by atoms with Crippen LogP contribution in [0.15, 0.2) is 38.8 Å².